The van der Waals surface area contributed by atoms with Gasteiger partial charge in [-0.15, -0.1) is 0 Å². The molecule has 1 aliphatic heterocycles. The lowest BCUT2D eigenvalue weighted by Gasteiger charge is -2.33. The lowest BCUT2D eigenvalue weighted by atomic mass is 10.0. The highest BCUT2D eigenvalue weighted by molar-refractivity contribution is 5.79. The molecular formula is C12H25N3O. The van der Waals surface area contributed by atoms with Crippen molar-refractivity contribution >= 4 is 5.91 Å². The number of piperidine rings is 1. The Hall–Kier alpha value is -0.610. The molecule has 1 rings (SSSR count). The number of rotatable bonds is 6. The Kier molecular flexibility index (Phi) is 5.77. The van der Waals surface area contributed by atoms with Crippen LogP contribution in [0.1, 0.15) is 39.5 Å². The highest BCUT2D eigenvalue weighted by atomic mass is 16.1. The van der Waals surface area contributed by atoms with Gasteiger partial charge < -0.3 is 11.1 Å². The molecule has 1 aliphatic rings. The molecule has 4 heteroatoms. The zero-order chi connectivity index (χ0) is 12.0. The van der Waals surface area contributed by atoms with Gasteiger partial charge >= 0.3 is 0 Å². The third kappa shape index (κ3) is 3.76. The molecule has 0 aromatic heterocycles. The minimum absolute atomic E-state index is 0.103. The van der Waals surface area contributed by atoms with Crippen molar-refractivity contribution in [1.82, 2.24) is 10.2 Å². The fraction of sp³-hybridized carbons (Fsp3) is 0.917. The number of nitrogens with zero attached hydrogens (tertiary/aromatic N) is 1. The summed E-state index contributed by atoms with van der Waals surface area (Å²) in [5.74, 6) is -0.194. The van der Waals surface area contributed by atoms with Crippen molar-refractivity contribution in [3.63, 3.8) is 0 Å². The molecule has 2 atom stereocenters. The summed E-state index contributed by atoms with van der Waals surface area (Å²) in [5.41, 5.74) is 5.43. The standard InChI is InChI=1S/C12H25N3O/c1-3-11(12(13)16)15(4-2)9-10-7-5-6-8-14-10/h10-11,14H,3-9H2,1-2H3,(H2,13,16). The molecule has 0 radical (unpaired) electrons. The van der Waals surface area contributed by atoms with Crippen molar-refractivity contribution in [2.45, 2.75) is 51.6 Å². The maximum absolute atomic E-state index is 11.3. The van der Waals surface area contributed by atoms with E-state index >= 15 is 0 Å². The molecule has 1 heterocycles. The van der Waals surface area contributed by atoms with Gasteiger partial charge in [-0.1, -0.05) is 20.3 Å². The molecule has 94 valence electrons. The predicted molar refractivity (Wildman–Crippen MR) is 66.2 cm³/mol. The summed E-state index contributed by atoms with van der Waals surface area (Å²) in [5, 5.41) is 3.51. The van der Waals surface area contributed by atoms with E-state index in [-0.39, 0.29) is 11.9 Å². The number of primary amides is 1. The molecule has 0 aromatic rings. The molecule has 1 amide bonds. The van der Waals surface area contributed by atoms with Gasteiger partial charge in [0.05, 0.1) is 6.04 Å². The summed E-state index contributed by atoms with van der Waals surface area (Å²) in [7, 11) is 0. The molecule has 0 bridgehead atoms. The summed E-state index contributed by atoms with van der Waals surface area (Å²) < 4.78 is 0. The number of nitrogens with one attached hydrogen (secondary N) is 1. The second kappa shape index (κ2) is 6.86. The Morgan fingerprint density at radius 3 is 2.69 bits per heavy atom. The van der Waals surface area contributed by atoms with Crippen molar-refractivity contribution in [3.8, 4) is 0 Å². The lowest BCUT2D eigenvalue weighted by Crippen LogP contribution is -2.51. The highest BCUT2D eigenvalue weighted by Gasteiger charge is 2.24. The molecule has 0 aromatic carbocycles. The summed E-state index contributed by atoms with van der Waals surface area (Å²) in [6.07, 6.45) is 4.58. The van der Waals surface area contributed by atoms with Gasteiger partial charge in [0.25, 0.3) is 0 Å². The highest BCUT2D eigenvalue weighted by Crippen LogP contribution is 2.11. The molecule has 3 N–H and O–H groups in total. The van der Waals surface area contributed by atoms with Crippen molar-refractivity contribution in [1.29, 1.82) is 0 Å². The third-order valence-electron chi connectivity index (χ3n) is 3.43. The molecule has 0 aliphatic carbocycles. The number of nitrogens with two attached hydrogens (primary N) is 1. The number of likely N-dealkylation sites (N-methyl/N-ethyl adjacent to an activating group) is 1. The number of hydrogen-bond donors (Lipinski definition) is 2. The summed E-state index contributed by atoms with van der Waals surface area (Å²) in [4.78, 5) is 13.5. The number of hydrogen-bond acceptors (Lipinski definition) is 3. The van der Waals surface area contributed by atoms with Crippen LogP contribution in [0.4, 0.5) is 0 Å². The first-order valence-electron chi connectivity index (χ1n) is 6.45. The van der Waals surface area contributed by atoms with Crippen LogP contribution >= 0.6 is 0 Å². The van der Waals surface area contributed by atoms with E-state index in [1.54, 1.807) is 0 Å². The summed E-state index contributed by atoms with van der Waals surface area (Å²) >= 11 is 0. The second-order valence-corrected chi connectivity index (χ2v) is 4.56. The summed E-state index contributed by atoms with van der Waals surface area (Å²) in [6, 6.07) is 0.427. The smallest absolute Gasteiger partial charge is 0.234 e. The van der Waals surface area contributed by atoms with Crippen LogP contribution in [0.25, 0.3) is 0 Å². The first-order chi connectivity index (χ1) is 7.69. The molecule has 16 heavy (non-hydrogen) atoms. The Morgan fingerprint density at radius 1 is 1.50 bits per heavy atom. The maximum Gasteiger partial charge on any atom is 0.234 e. The van der Waals surface area contributed by atoms with Gasteiger partial charge in [0, 0.05) is 12.6 Å². The van der Waals surface area contributed by atoms with Gasteiger partial charge in [-0.3, -0.25) is 9.69 Å². The largest absolute Gasteiger partial charge is 0.368 e. The van der Waals surface area contributed by atoms with Gasteiger partial charge in [0.15, 0.2) is 0 Å². The zero-order valence-corrected chi connectivity index (χ0v) is 10.5. The van der Waals surface area contributed by atoms with Crippen LogP contribution in [-0.4, -0.2) is 42.5 Å². The average Bonchev–Trinajstić information content (AvgIpc) is 2.29. The Morgan fingerprint density at radius 2 is 2.25 bits per heavy atom. The van der Waals surface area contributed by atoms with Crippen molar-refractivity contribution in [2.24, 2.45) is 5.73 Å². The van der Waals surface area contributed by atoms with Crippen LogP contribution in [0.5, 0.6) is 0 Å². The normalized spacial score (nSPS) is 23.3. The average molecular weight is 227 g/mol. The topological polar surface area (TPSA) is 58.4 Å². The van der Waals surface area contributed by atoms with Gasteiger partial charge in [0.2, 0.25) is 5.91 Å². The fourth-order valence-corrected chi connectivity index (χ4v) is 2.48. The maximum atomic E-state index is 11.3. The third-order valence-corrected chi connectivity index (χ3v) is 3.43. The number of carbonyl (C=O) groups excluding carboxylic acids is 1. The van der Waals surface area contributed by atoms with Crippen molar-refractivity contribution < 1.29 is 4.79 Å². The molecule has 1 saturated heterocycles. The number of carbonyl (C=O) groups is 1. The van der Waals surface area contributed by atoms with Gasteiger partial charge in [-0.25, -0.2) is 0 Å². The van der Waals surface area contributed by atoms with E-state index in [0.717, 1.165) is 26.1 Å². The van der Waals surface area contributed by atoms with Crippen LogP contribution in [0.3, 0.4) is 0 Å². The van der Waals surface area contributed by atoms with Crippen molar-refractivity contribution in [2.75, 3.05) is 19.6 Å². The minimum Gasteiger partial charge on any atom is -0.368 e. The predicted octanol–water partition coefficient (Wildman–Crippen LogP) is 0.714. The Labute approximate surface area is 98.6 Å². The van der Waals surface area contributed by atoms with E-state index in [0.29, 0.717) is 6.04 Å². The van der Waals surface area contributed by atoms with Gasteiger partial charge in [-0.2, -0.15) is 0 Å². The molecular weight excluding hydrogens is 202 g/mol. The molecule has 0 spiro atoms. The monoisotopic (exact) mass is 227 g/mol. The first kappa shape index (κ1) is 13.5. The minimum atomic E-state index is -0.194. The van der Waals surface area contributed by atoms with E-state index in [4.69, 9.17) is 5.73 Å². The first-order valence-corrected chi connectivity index (χ1v) is 6.45. The number of amides is 1. The van der Waals surface area contributed by atoms with Crippen LogP contribution in [0.2, 0.25) is 0 Å². The van der Waals surface area contributed by atoms with Crippen LogP contribution in [0.15, 0.2) is 0 Å². The van der Waals surface area contributed by atoms with E-state index in [1.165, 1.54) is 19.3 Å². The van der Waals surface area contributed by atoms with Crippen LogP contribution in [0, 0.1) is 0 Å². The van der Waals surface area contributed by atoms with E-state index in [1.807, 2.05) is 6.92 Å². The van der Waals surface area contributed by atoms with Gasteiger partial charge in [-0.05, 0) is 32.4 Å². The van der Waals surface area contributed by atoms with Crippen LogP contribution in [-0.2, 0) is 4.79 Å². The van der Waals surface area contributed by atoms with Crippen LogP contribution < -0.4 is 11.1 Å². The molecule has 4 nitrogen and oxygen atoms in total. The fourth-order valence-electron chi connectivity index (χ4n) is 2.48. The quantitative estimate of drug-likeness (QED) is 0.703. The molecule has 0 saturated carbocycles. The second-order valence-electron chi connectivity index (χ2n) is 4.56. The SMILES string of the molecule is CCC(C(N)=O)N(CC)CC1CCCCN1. The zero-order valence-electron chi connectivity index (χ0n) is 10.5. The Bertz CT molecular complexity index is 214. The van der Waals surface area contributed by atoms with E-state index < -0.39 is 0 Å². The summed E-state index contributed by atoms with van der Waals surface area (Å²) in [6.45, 7) is 7.05. The van der Waals surface area contributed by atoms with Gasteiger partial charge in [0.1, 0.15) is 0 Å². The van der Waals surface area contributed by atoms with E-state index in [2.05, 4.69) is 17.1 Å². The Balaban J connectivity index is 2.48. The molecule has 1 fully saturated rings. The molecule has 2 unspecified atom stereocenters. The lowest BCUT2D eigenvalue weighted by molar-refractivity contribution is -0.123. The van der Waals surface area contributed by atoms with Crippen molar-refractivity contribution in [3.05, 3.63) is 0 Å². The van der Waals surface area contributed by atoms with E-state index in [9.17, 15) is 4.79 Å².